The Morgan fingerprint density at radius 2 is 1.88 bits per heavy atom. The molecule has 0 atom stereocenters. The lowest BCUT2D eigenvalue weighted by atomic mass is 9.97. The van der Waals surface area contributed by atoms with E-state index in [0.717, 1.165) is 20.6 Å². The maximum atomic E-state index is 12.7. The molecule has 0 aliphatic carbocycles. The van der Waals surface area contributed by atoms with Crippen LogP contribution in [0.25, 0.3) is 0 Å². The van der Waals surface area contributed by atoms with Gasteiger partial charge < -0.3 is 5.32 Å². The maximum Gasteiger partial charge on any atom is 0.252 e. The Kier molecular flexibility index (Phi) is 5.86. The van der Waals surface area contributed by atoms with Gasteiger partial charge in [-0.3, -0.25) is 4.79 Å². The smallest absolute Gasteiger partial charge is 0.252 e. The highest BCUT2D eigenvalue weighted by Gasteiger charge is 2.33. The molecule has 5 nitrogen and oxygen atoms in total. The Hall–Kier alpha value is -1.22. The number of halogens is 1. The first-order chi connectivity index (χ1) is 12.3. The summed E-state index contributed by atoms with van der Waals surface area (Å²) >= 11 is 4.51. The molecule has 0 spiro atoms. The summed E-state index contributed by atoms with van der Waals surface area (Å²) in [6.45, 7) is 4.71. The zero-order valence-corrected chi connectivity index (χ0v) is 17.9. The molecule has 0 unspecified atom stereocenters. The van der Waals surface area contributed by atoms with Crippen molar-refractivity contribution in [1.82, 2.24) is 4.31 Å². The number of anilines is 1. The van der Waals surface area contributed by atoms with E-state index >= 15 is 0 Å². The first kappa shape index (κ1) is 19.5. The number of hydrogen-bond donors (Lipinski definition) is 1. The molecule has 1 aromatic carbocycles. The molecule has 2 heterocycles. The van der Waals surface area contributed by atoms with E-state index in [-0.39, 0.29) is 11.8 Å². The summed E-state index contributed by atoms with van der Waals surface area (Å²) in [5.74, 6) is -0.204. The standard InChI is InChI=1S/C18H21BrN2O3S2/c1-12-3-4-15(13(2)11-12)20-18(22)14-7-9-21(10-8-14)26(23,24)17-6-5-16(19)25-17/h3-6,11,14H,7-10H2,1-2H3,(H,20,22). The molecule has 1 saturated heterocycles. The van der Waals surface area contributed by atoms with Gasteiger partial charge in [0.1, 0.15) is 4.21 Å². The topological polar surface area (TPSA) is 66.5 Å². The summed E-state index contributed by atoms with van der Waals surface area (Å²) in [7, 11) is -3.47. The molecule has 1 aliphatic heterocycles. The first-order valence-corrected chi connectivity index (χ1v) is 11.5. The summed E-state index contributed by atoms with van der Waals surface area (Å²) in [5, 5.41) is 2.98. The zero-order valence-electron chi connectivity index (χ0n) is 14.7. The minimum Gasteiger partial charge on any atom is -0.326 e. The Balaban J connectivity index is 1.62. The van der Waals surface area contributed by atoms with Crippen LogP contribution in [0.1, 0.15) is 24.0 Å². The normalized spacial score (nSPS) is 16.6. The monoisotopic (exact) mass is 456 g/mol. The van der Waals surface area contributed by atoms with Crippen molar-refractivity contribution < 1.29 is 13.2 Å². The minimum atomic E-state index is -3.47. The number of thiophene rings is 1. The molecule has 1 N–H and O–H groups in total. The Labute approximate surface area is 166 Å². The van der Waals surface area contributed by atoms with Crippen molar-refractivity contribution in [3.8, 4) is 0 Å². The van der Waals surface area contributed by atoms with Gasteiger partial charge in [-0.25, -0.2) is 8.42 Å². The van der Waals surface area contributed by atoms with Crippen molar-refractivity contribution in [1.29, 1.82) is 0 Å². The van der Waals surface area contributed by atoms with Crippen LogP contribution < -0.4 is 5.32 Å². The van der Waals surface area contributed by atoms with Gasteiger partial charge in [0.05, 0.1) is 3.79 Å². The lowest BCUT2D eigenvalue weighted by Crippen LogP contribution is -2.41. The Morgan fingerprint density at radius 3 is 2.46 bits per heavy atom. The number of hydrogen-bond acceptors (Lipinski definition) is 4. The van der Waals surface area contributed by atoms with Gasteiger partial charge in [-0.2, -0.15) is 4.31 Å². The average molecular weight is 457 g/mol. The number of nitrogens with zero attached hydrogens (tertiary/aromatic N) is 1. The van der Waals surface area contributed by atoms with Gasteiger partial charge in [0.2, 0.25) is 5.91 Å². The zero-order chi connectivity index (χ0) is 18.9. The lowest BCUT2D eigenvalue weighted by Gasteiger charge is -2.30. The van der Waals surface area contributed by atoms with E-state index in [2.05, 4.69) is 21.2 Å². The molecule has 140 valence electrons. The van der Waals surface area contributed by atoms with Gasteiger partial charge in [0, 0.05) is 24.7 Å². The largest absolute Gasteiger partial charge is 0.326 e. The van der Waals surface area contributed by atoms with Crippen LogP contribution in [-0.4, -0.2) is 31.7 Å². The SMILES string of the molecule is Cc1ccc(NC(=O)C2CCN(S(=O)(=O)c3ccc(Br)s3)CC2)c(C)c1. The highest BCUT2D eigenvalue weighted by atomic mass is 79.9. The third-order valence-electron chi connectivity index (χ3n) is 4.61. The number of amides is 1. The molecule has 1 aliphatic rings. The number of carbonyl (C=O) groups excluding carboxylic acids is 1. The fourth-order valence-electron chi connectivity index (χ4n) is 3.11. The second kappa shape index (κ2) is 7.80. The second-order valence-electron chi connectivity index (χ2n) is 6.54. The molecule has 1 fully saturated rings. The molecular weight excluding hydrogens is 436 g/mol. The van der Waals surface area contributed by atoms with Gasteiger partial charge in [-0.05, 0) is 66.4 Å². The van der Waals surface area contributed by atoms with Gasteiger partial charge in [-0.1, -0.05) is 17.7 Å². The molecule has 8 heteroatoms. The Morgan fingerprint density at radius 1 is 1.19 bits per heavy atom. The maximum absolute atomic E-state index is 12.7. The van der Waals surface area contributed by atoms with Crippen molar-refractivity contribution in [3.63, 3.8) is 0 Å². The number of rotatable bonds is 4. The predicted molar refractivity (Wildman–Crippen MR) is 108 cm³/mol. The fourth-order valence-corrected chi connectivity index (χ4v) is 6.74. The Bertz CT molecular complexity index is 916. The number of sulfonamides is 1. The molecular formula is C18H21BrN2O3S2. The molecule has 0 saturated carbocycles. The predicted octanol–water partition coefficient (Wildman–Crippen LogP) is 4.17. The quantitative estimate of drug-likeness (QED) is 0.750. The number of benzene rings is 1. The third-order valence-corrected chi connectivity index (χ3v) is 8.60. The summed E-state index contributed by atoms with van der Waals surface area (Å²) in [4.78, 5) is 12.6. The van der Waals surface area contributed by atoms with E-state index in [4.69, 9.17) is 0 Å². The highest BCUT2D eigenvalue weighted by molar-refractivity contribution is 9.11. The van der Waals surface area contributed by atoms with Crippen molar-refractivity contribution in [2.24, 2.45) is 5.92 Å². The van der Waals surface area contributed by atoms with Crippen LogP contribution in [-0.2, 0) is 14.8 Å². The van der Waals surface area contributed by atoms with E-state index in [1.807, 2.05) is 32.0 Å². The third kappa shape index (κ3) is 4.19. The highest BCUT2D eigenvalue weighted by Crippen LogP contribution is 2.31. The molecule has 26 heavy (non-hydrogen) atoms. The van der Waals surface area contributed by atoms with Crippen molar-refractivity contribution >= 4 is 48.9 Å². The van der Waals surface area contributed by atoms with Crippen molar-refractivity contribution in [2.45, 2.75) is 30.9 Å². The van der Waals surface area contributed by atoms with Crippen LogP contribution in [0, 0.1) is 19.8 Å². The lowest BCUT2D eigenvalue weighted by molar-refractivity contribution is -0.120. The molecule has 2 aromatic rings. The number of nitrogens with one attached hydrogen (secondary N) is 1. The average Bonchev–Trinajstić information content (AvgIpc) is 3.05. The second-order valence-corrected chi connectivity index (χ2v) is 11.2. The van der Waals surface area contributed by atoms with E-state index < -0.39 is 10.0 Å². The molecule has 1 aromatic heterocycles. The number of piperidine rings is 1. The van der Waals surface area contributed by atoms with Gasteiger partial charge >= 0.3 is 0 Å². The number of aryl methyl sites for hydroxylation is 2. The van der Waals surface area contributed by atoms with Crippen LogP contribution in [0.2, 0.25) is 0 Å². The van der Waals surface area contributed by atoms with Gasteiger partial charge in [-0.15, -0.1) is 11.3 Å². The van der Waals surface area contributed by atoms with Gasteiger partial charge in [0.25, 0.3) is 10.0 Å². The summed E-state index contributed by atoms with van der Waals surface area (Å²) in [6.07, 6.45) is 1.06. The molecule has 0 radical (unpaired) electrons. The fraction of sp³-hybridized carbons (Fsp3) is 0.389. The summed E-state index contributed by atoms with van der Waals surface area (Å²) in [6, 6.07) is 9.27. The van der Waals surface area contributed by atoms with E-state index in [9.17, 15) is 13.2 Å². The van der Waals surface area contributed by atoms with E-state index in [0.29, 0.717) is 30.1 Å². The number of carbonyl (C=O) groups is 1. The summed E-state index contributed by atoms with van der Waals surface area (Å²) in [5.41, 5.74) is 3.00. The molecule has 1 amide bonds. The summed E-state index contributed by atoms with van der Waals surface area (Å²) < 4.78 is 27.9. The van der Waals surface area contributed by atoms with Crippen molar-refractivity contribution in [2.75, 3.05) is 18.4 Å². The van der Waals surface area contributed by atoms with Crippen LogP contribution >= 0.6 is 27.3 Å². The minimum absolute atomic E-state index is 0.0344. The molecule has 0 bridgehead atoms. The molecule has 3 rings (SSSR count). The van der Waals surface area contributed by atoms with Crippen LogP contribution in [0.3, 0.4) is 0 Å². The van der Waals surface area contributed by atoms with Crippen LogP contribution in [0.5, 0.6) is 0 Å². The van der Waals surface area contributed by atoms with Gasteiger partial charge in [0.15, 0.2) is 0 Å². The van der Waals surface area contributed by atoms with Crippen LogP contribution in [0.15, 0.2) is 38.3 Å². The first-order valence-electron chi connectivity index (χ1n) is 8.41. The van der Waals surface area contributed by atoms with Crippen LogP contribution in [0.4, 0.5) is 5.69 Å². The van der Waals surface area contributed by atoms with E-state index in [1.165, 1.54) is 15.6 Å². The van der Waals surface area contributed by atoms with Crippen molar-refractivity contribution in [3.05, 3.63) is 45.2 Å². The van der Waals surface area contributed by atoms with E-state index in [1.54, 1.807) is 12.1 Å².